The fourth-order valence-electron chi connectivity index (χ4n) is 1.53. The minimum atomic E-state index is -1.17. The van der Waals surface area contributed by atoms with Gasteiger partial charge in [0.05, 0.1) is 12.7 Å². The van der Waals surface area contributed by atoms with Crippen molar-refractivity contribution in [3.8, 4) is 5.75 Å². The molecule has 4 nitrogen and oxygen atoms in total. The van der Waals surface area contributed by atoms with Gasteiger partial charge in [-0.1, -0.05) is 11.6 Å². The van der Waals surface area contributed by atoms with Gasteiger partial charge in [0.2, 0.25) is 0 Å². The van der Waals surface area contributed by atoms with Crippen LogP contribution in [-0.4, -0.2) is 24.0 Å². The molecule has 1 aromatic rings. The molecule has 0 aliphatic carbocycles. The molecule has 0 saturated carbocycles. The molecule has 5 heteroatoms. The lowest BCUT2D eigenvalue weighted by Gasteiger charge is -2.13. The van der Waals surface area contributed by atoms with E-state index in [0.29, 0.717) is 16.3 Å². The molecule has 0 aliphatic heterocycles. The molecule has 0 saturated heterocycles. The zero-order valence-electron chi connectivity index (χ0n) is 9.78. The van der Waals surface area contributed by atoms with Crippen LogP contribution >= 0.6 is 11.6 Å². The van der Waals surface area contributed by atoms with Gasteiger partial charge in [0, 0.05) is 5.02 Å². The Morgan fingerprint density at radius 1 is 1.41 bits per heavy atom. The number of benzene rings is 1. The predicted molar refractivity (Wildman–Crippen MR) is 63.9 cm³/mol. The van der Waals surface area contributed by atoms with E-state index >= 15 is 0 Å². The van der Waals surface area contributed by atoms with E-state index in [1.54, 1.807) is 13.0 Å². The van der Waals surface area contributed by atoms with Crippen LogP contribution in [0, 0.1) is 12.8 Å². The van der Waals surface area contributed by atoms with Gasteiger partial charge >= 0.3 is 5.97 Å². The summed E-state index contributed by atoms with van der Waals surface area (Å²) in [6, 6.07) is 3.08. The Labute approximate surface area is 104 Å². The smallest absolute Gasteiger partial charge is 0.314 e. The van der Waals surface area contributed by atoms with Crippen LogP contribution in [0.4, 0.5) is 0 Å². The number of methoxy groups -OCH3 is 1. The summed E-state index contributed by atoms with van der Waals surface area (Å²) in [5, 5.41) is 9.20. The molecule has 0 spiro atoms. The average molecular weight is 257 g/mol. The van der Waals surface area contributed by atoms with E-state index in [1.807, 2.05) is 0 Å². The molecule has 0 aromatic heterocycles. The SMILES string of the molecule is COc1c(C)cc(Cl)cc1C(=O)C(C)C(=O)O. The van der Waals surface area contributed by atoms with Crippen molar-refractivity contribution >= 4 is 23.4 Å². The van der Waals surface area contributed by atoms with Gasteiger partial charge in [-0.25, -0.2) is 0 Å². The van der Waals surface area contributed by atoms with E-state index in [1.165, 1.54) is 20.1 Å². The van der Waals surface area contributed by atoms with Gasteiger partial charge in [-0.15, -0.1) is 0 Å². The second-order valence-electron chi connectivity index (χ2n) is 3.73. The molecule has 1 unspecified atom stereocenters. The first kappa shape index (κ1) is 13.5. The van der Waals surface area contributed by atoms with E-state index in [4.69, 9.17) is 21.4 Å². The molecule has 0 bridgehead atoms. The number of aryl methyl sites for hydroxylation is 1. The second kappa shape index (κ2) is 5.19. The number of Topliss-reactive ketones (excluding diaryl/α,β-unsaturated/α-hetero) is 1. The molecule has 92 valence electrons. The Morgan fingerprint density at radius 3 is 2.47 bits per heavy atom. The highest BCUT2D eigenvalue weighted by molar-refractivity contribution is 6.31. The average Bonchev–Trinajstić information content (AvgIpc) is 2.25. The maximum Gasteiger partial charge on any atom is 0.314 e. The molecule has 1 aromatic carbocycles. The summed E-state index contributed by atoms with van der Waals surface area (Å²) in [6.07, 6.45) is 0. The van der Waals surface area contributed by atoms with Crippen molar-refractivity contribution < 1.29 is 19.4 Å². The second-order valence-corrected chi connectivity index (χ2v) is 4.16. The predicted octanol–water partition coefficient (Wildman–Crippen LogP) is 2.56. The summed E-state index contributed by atoms with van der Waals surface area (Å²) in [7, 11) is 1.43. The van der Waals surface area contributed by atoms with Gasteiger partial charge in [-0.3, -0.25) is 9.59 Å². The molecule has 0 aliphatic rings. The van der Waals surface area contributed by atoms with E-state index in [9.17, 15) is 9.59 Å². The molecule has 0 fully saturated rings. The van der Waals surface area contributed by atoms with Crippen molar-refractivity contribution in [1.29, 1.82) is 0 Å². The number of halogens is 1. The van der Waals surface area contributed by atoms with Crippen molar-refractivity contribution in [3.05, 3.63) is 28.3 Å². The van der Waals surface area contributed by atoms with E-state index in [-0.39, 0.29) is 5.56 Å². The van der Waals surface area contributed by atoms with Crippen LogP contribution < -0.4 is 4.74 Å². The quantitative estimate of drug-likeness (QED) is 0.664. The number of carboxylic acid groups (broad SMARTS) is 1. The Bertz CT molecular complexity index is 468. The molecule has 0 amide bonds. The lowest BCUT2D eigenvalue weighted by molar-refractivity contribution is -0.139. The number of ether oxygens (including phenoxy) is 1. The van der Waals surface area contributed by atoms with Crippen molar-refractivity contribution in [1.82, 2.24) is 0 Å². The minimum Gasteiger partial charge on any atom is -0.496 e. The highest BCUT2D eigenvalue weighted by atomic mass is 35.5. The van der Waals surface area contributed by atoms with Gasteiger partial charge in [0.1, 0.15) is 11.7 Å². The summed E-state index contributed by atoms with van der Waals surface area (Å²) in [5.41, 5.74) is 0.897. The van der Waals surface area contributed by atoms with E-state index < -0.39 is 17.7 Å². The van der Waals surface area contributed by atoms with Crippen molar-refractivity contribution in [3.63, 3.8) is 0 Å². The Balaban J connectivity index is 3.30. The van der Waals surface area contributed by atoms with Crippen LogP contribution in [0.2, 0.25) is 5.02 Å². The van der Waals surface area contributed by atoms with E-state index in [0.717, 1.165) is 0 Å². The monoisotopic (exact) mass is 256 g/mol. The van der Waals surface area contributed by atoms with Gasteiger partial charge in [0.15, 0.2) is 5.78 Å². The number of carbonyl (C=O) groups is 2. The summed E-state index contributed by atoms with van der Waals surface area (Å²) in [5.74, 6) is -2.44. The fourth-order valence-corrected chi connectivity index (χ4v) is 1.80. The van der Waals surface area contributed by atoms with Crippen LogP contribution in [0.5, 0.6) is 5.75 Å². The molecule has 17 heavy (non-hydrogen) atoms. The zero-order valence-corrected chi connectivity index (χ0v) is 10.5. The largest absolute Gasteiger partial charge is 0.496 e. The molecule has 1 N–H and O–H groups in total. The highest BCUT2D eigenvalue weighted by Gasteiger charge is 2.25. The van der Waals surface area contributed by atoms with Crippen molar-refractivity contribution in [2.75, 3.05) is 7.11 Å². The van der Waals surface area contributed by atoms with Gasteiger partial charge in [0.25, 0.3) is 0 Å². The van der Waals surface area contributed by atoms with Gasteiger partial charge in [-0.05, 0) is 31.5 Å². The molecular weight excluding hydrogens is 244 g/mol. The van der Waals surface area contributed by atoms with E-state index in [2.05, 4.69) is 0 Å². The van der Waals surface area contributed by atoms with Gasteiger partial charge in [-0.2, -0.15) is 0 Å². The molecule has 0 radical (unpaired) electrons. The Morgan fingerprint density at radius 2 is 2.00 bits per heavy atom. The first-order valence-electron chi connectivity index (χ1n) is 4.99. The number of hydrogen-bond donors (Lipinski definition) is 1. The van der Waals surface area contributed by atoms with Crippen LogP contribution in [0.15, 0.2) is 12.1 Å². The third kappa shape index (κ3) is 2.77. The standard InChI is InChI=1S/C12H13ClO4/c1-6-4-8(13)5-9(11(6)17-3)10(14)7(2)12(15)16/h4-5,7H,1-3H3,(H,15,16). The number of ketones is 1. The normalized spacial score (nSPS) is 12.0. The minimum absolute atomic E-state index is 0.201. The van der Waals surface area contributed by atoms with Crippen LogP contribution in [0.25, 0.3) is 0 Å². The van der Waals surface area contributed by atoms with Crippen LogP contribution in [0.1, 0.15) is 22.8 Å². The molecular formula is C12H13ClO4. The van der Waals surface area contributed by atoms with Crippen molar-refractivity contribution in [2.24, 2.45) is 5.92 Å². The molecule has 1 rings (SSSR count). The maximum atomic E-state index is 12.0. The van der Waals surface area contributed by atoms with Crippen LogP contribution in [-0.2, 0) is 4.79 Å². The lowest BCUT2D eigenvalue weighted by Crippen LogP contribution is -2.21. The first-order valence-corrected chi connectivity index (χ1v) is 5.37. The van der Waals surface area contributed by atoms with Crippen molar-refractivity contribution in [2.45, 2.75) is 13.8 Å². The maximum absolute atomic E-state index is 12.0. The summed E-state index contributed by atoms with van der Waals surface area (Å²) in [6.45, 7) is 3.08. The number of carbonyl (C=O) groups excluding carboxylic acids is 1. The molecule has 1 atom stereocenters. The number of hydrogen-bond acceptors (Lipinski definition) is 3. The van der Waals surface area contributed by atoms with Gasteiger partial charge < -0.3 is 9.84 Å². The van der Waals surface area contributed by atoms with Crippen LogP contribution in [0.3, 0.4) is 0 Å². The number of carboxylic acids is 1. The fraction of sp³-hybridized carbons (Fsp3) is 0.333. The topological polar surface area (TPSA) is 63.6 Å². The summed E-state index contributed by atoms with van der Waals surface area (Å²) in [4.78, 5) is 22.7. The molecule has 0 heterocycles. The number of rotatable bonds is 4. The Kier molecular flexibility index (Phi) is 4.12. The summed E-state index contributed by atoms with van der Waals surface area (Å²) < 4.78 is 5.11. The Hall–Kier alpha value is -1.55. The third-order valence-electron chi connectivity index (χ3n) is 2.47. The highest BCUT2D eigenvalue weighted by Crippen LogP contribution is 2.29. The first-order chi connectivity index (χ1) is 7.88. The summed E-state index contributed by atoms with van der Waals surface area (Å²) >= 11 is 5.85. The zero-order chi connectivity index (χ0) is 13.2. The third-order valence-corrected chi connectivity index (χ3v) is 2.69. The lowest BCUT2D eigenvalue weighted by atomic mass is 9.97. The number of aliphatic carboxylic acids is 1.